The Morgan fingerprint density at radius 2 is 1.24 bits per heavy atom. The summed E-state index contributed by atoms with van der Waals surface area (Å²) in [7, 11) is 0. The van der Waals surface area contributed by atoms with Gasteiger partial charge >= 0.3 is 5.97 Å². The molecule has 0 aliphatic rings. The lowest BCUT2D eigenvalue weighted by Crippen LogP contribution is -2.04. The molecule has 0 aromatic rings. The summed E-state index contributed by atoms with van der Waals surface area (Å²) in [5.41, 5.74) is 5.01. The topological polar surface area (TPSA) is 80.4 Å². The molecule has 0 spiro atoms. The van der Waals surface area contributed by atoms with Crippen LogP contribution in [-0.4, -0.2) is 17.0 Å². The highest BCUT2D eigenvalue weighted by atomic mass is 16.4. The predicted molar refractivity (Wildman–Crippen MR) is 106 cm³/mol. The van der Waals surface area contributed by atoms with Crippen molar-refractivity contribution >= 4 is 11.9 Å². The maximum absolute atomic E-state index is 10.6. The van der Waals surface area contributed by atoms with E-state index in [0.29, 0.717) is 5.57 Å². The Labute approximate surface area is 154 Å². The van der Waals surface area contributed by atoms with Crippen molar-refractivity contribution < 1.29 is 14.7 Å². The summed E-state index contributed by atoms with van der Waals surface area (Å²) in [5.74, 6) is -1.27. The number of hydrogen-bond acceptors (Lipinski definition) is 2. The molecule has 0 aromatic carbocycles. The van der Waals surface area contributed by atoms with Crippen molar-refractivity contribution in [1.29, 1.82) is 0 Å². The van der Waals surface area contributed by atoms with Gasteiger partial charge in [-0.25, -0.2) is 4.79 Å². The number of carboxylic acid groups (broad SMARTS) is 1. The summed E-state index contributed by atoms with van der Waals surface area (Å²) in [6.07, 6.45) is 20.0. The molecule has 3 N–H and O–H groups in total. The maximum Gasteiger partial charge on any atom is 0.330 e. The van der Waals surface area contributed by atoms with Crippen molar-refractivity contribution in [3.63, 3.8) is 0 Å². The predicted octanol–water partition coefficient (Wildman–Crippen LogP) is 5.77. The highest BCUT2D eigenvalue weighted by molar-refractivity contribution is 5.85. The van der Waals surface area contributed by atoms with Gasteiger partial charge in [0.15, 0.2) is 0 Å². The number of nitrogens with two attached hydrogens (primary N) is 1. The van der Waals surface area contributed by atoms with E-state index < -0.39 is 11.9 Å². The Balaban J connectivity index is 0. The molecule has 0 unspecified atom stereocenters. The zero-order chi connectivity index (χ0) is 19.3. The van der Waals surface area contributed by atoms with Gasteiger partial charge in [-0.2, -0.15) is 0 Å². The molecule has 0 saturated heterocycles. The smallest absolute Gasteiger partial charge is 0.330 e. The van der Waals surface area contributed by atoms with Crippen molar-refractivity contribution in [3.05, 3.63) is 24.3 Å². The van der Waals surface area contributed by atoms with Gasteiger partial charge in [0.2, 0.25) is 5.91 Å². The molecule has 1 amide bonds. The Hall–Kier alpha value is -1.58. The van der Waals surface area contributed by atoms with Crippen molar-refractivity contribution in [1.82, 2.24) is 0 Å². The SMILES string of the molecule is C=CC(N)=O.CCCCCCCCCCCCCCC=C(C)C(=O)O. The number of unbranched alkanes of at least 4 members (excludes halogenated alkanes) is 12. The van der Waals surface area contributed by atoms with Gasteiger partial charge in [-0.1, -0.05) is 90.2 Å². The average Bonchev–Trinajstić information content (AvgIpc) is 2.59. The molecule has 0 aliphatic carbocycles. The monoisotopic (exact) mass is 353 g/mol. The Kier molecular flexibility index (Phi) is 21.0. The highest BCUT2D eigenvalue weighted by Gasteiger charge is 1.98. The lowest BCUT2D eigenvalue weighted by atomic mass is 10.0. The van der Waals surface area contributed by atoms with E-state index in [2.05, 4.69) is 19.2 Å². The fourth-order valence-corrected chi connectivity index (χ4v) is 2.39. The molecule has 0 aliphatic heterocycles. The quantitative estimate of drug-likeness (QED) is 0.290. The number of hydrogen-bond donors (Lipinski definition) is 2. The van der Waals surface area contributed by atoms with Crippen LogP contribution in [0.25, 0.3) is 0 Å². The number of carboxylic acids is 1. The van der Waals surface area contributed by atoms with Crippen molar-refractivity contribution in [2.24, 2.45) is 5.73 Å². The van der Waals surface area contributed by atoms with Gasteiger partial charge in [-0.3, -0.25) is 4.79 Å². The van der Waals surface area contributed by atoms with E-state index in [0.717, 1.165) is 18.9 Å². The first-order chi connectivity index (χ1) is 12.0. The van der Waals surface area contributed by atoms with Crippen LogP contribution in [0.15, 0.2) is 24.3 Å². The summed E-state index contributed by atoms with van der Waals surface area (Å²) in [6, 6.07) is 0. The van der Waals surface area contributed by atoms with E-state index in [-0.39, 0.29) is 0 Å². The van der Waals surface area contributed by atoms with Crippen LogP contribution in [0.1, 0.15) is 97.3 Å². The van der Waals surface area contributed by atoms with E-state index in [1.54, 1.807) is 6.92 Å². The van der Waals surface area contributed by atoms with Crippen LogP contribution in [-0.2, 0) is 9.59 Å². The molecule has 0 fully saturated rings. The van der Waals surface area contributed by atoms with Gasteiger partial charge in [-0.05, 0) is 25.8 Å². The molecule has 0 bridgehead atoms. The van der Waals surface area contributed by atoms with Gasteiger partial charge in [0.25, 0.3) is 0 Å². The molecule has 146 valence electrons. The largest absolute Gasteiger partial charge is 0.478 e. The molecule has 0 radical (unpaired) electrons. The first kappa shape index (κ1) is 25.7. The van der Waals surface area contributed by atoms with Gasteiger partial charge in [0, 0.05) is 5.57 Å². The fourth-order valence-electron chi connectivity index (χ4n) is 2.39. The first-order valence-electron chi connectivity index (χ1n) is 9.77. The molecular formula is C21H39NO3. The third kappa shape index (κ3) is 24.8. The van der Waals surface area contributed by atoms with Crippen LogP contribution in [0.2, 0.25) is 0 Å². The van der Waals surface area contributed by atoms with Crippen molar-refractivity contribution in [2.75, 3.05) is 0 Å². The van der Waals surface area contributed by atoms with Crippen LogP contribution >= 0.6 is 0 Å². The maximum atomic E-state index is 10.6. The van der Waals surface area contributed by atoms with Gasteiger partial charge in [0.1, 0.15) is 0 Å². The minimum Gasteiger partial charge on any atom is -0.478 e. The molecule has 0 aromatic heterocycles. The lowest BCUT2D eigenvalue weighted by Gasteiger charge is -2.02. The molecular weight excluding hydrogens is 314 g/mol. The number of amides is 1. The summed E-state index contributed by atoms with van der Waals surface area (Å²) in [5, 5.41) is 8.70. The average molecular weight is 354 g/mol. The van der Waals surface area contributed by atoms with Crippen LogP contribution in [0.5, 0.6) is 0 Å². The number of carbonyl (C=O) groups excluding carboxylic acids is 1. The minimum absolute atomic E-state index is 0.480. The lowest BCUT2D eigenvalue weighted by molar-refractivity contribution is -0.132. The normalized spacial score (nSPS) is 10.7. The van der Waals surface area contributed by atoms with E-state index >= 15 is 0 Å². The van der Waals surface area contributed by atoms with Gasteiger partial charge in [-0.15, -0.1) is 0 Å². The Morgan fingerprint density at radius 1 is 0.880 bits per heavy atom. The number of allylic oxidation sites excluding steroid dienone is 1. The van der Waals surface area contributed by atoms with Crippen LogP contribution < -0.4 is 5.73 Å². The second-order valence-electron chi connectivity index (χ2n) is 6.48. The fraction of sp³-hybridized carbons (Fsp3) is 0.714. The molecule has 0 heterocycles. The van der Waals surface area contributed by atoms with Crippen LogP contribution in [0, 0.1) is 0 Å². The molecule has 4 nitrogen and oxygen atoms in total. The molecule has 0 rings (SSSR count). The zero-order valence-electron chi connectivity index (χ0n) is 16.4. The zero-order valence-corrected chi connectivity index (χ0v) is 16.4. The third-order valence-corrected chi connectivity index (χ3v) is 4.05. The van der Waals surface area contributed by atoms with Crippen LogP contribution in [0.3, 0.4) is 0 Å². The Bertz CT molecular complexity index is 375. The number of rotatable bonds is 15. The summed E-state index contributed by atoms with van der Waals surface area (Å²) in [6.45, 7) is 7.02. The number of aliphatic carboxylic acids is 1. The van der Waals surface area contributed by atoms with E-state index in [9.17, 15) is 9.59 Å². The second kappa shape index (κ2) is 20.5. The molecule has 0 saturated carbocycles. The van der Waals surface area contributed by atoms with E-state index in [1.165, 1.54) is 70.6 Å². The van der Waals surface area contributed by atoms with Crippen LogP contribution in [0.4, 0.5) is 0 Å². The standard InChI is InChI=1S/C18H34O2.C3H5NO/c1-3-4-5-6-7-8-9-10-11-12-13-14-15-16-17(2)18(19)20;1-2-3(4)5/h16H,3-15H2,1-2H3,(H,19,20);2H,1H2,(H2,4,5). The molecule has 25 heavy (non-hydrogen) atoms. The Morgan fingerprint density at radius 3 is 1.56 bits per heavy atom. The summed E-state index contributed by atoms with van der Waals surface area (Å²) < 4.78 is 0. The van der Waals surface area contributed by atoms with Gasteiger partial charge < -0.3 is 10.8 Å². The van der Waals surface area contributed by atoms with E-state index in [4.69, 9.17) is 5.11 Å². The van der Waals surface area contributed by atoms with E-state index in [1.807, 2.05) is 6.08 Å². The molecule has 4 heteroatoms. The minimum atomic E-state index is -0.788. The summed E-state index contributed by atoms with van der Waals surface area (Å²) >= 11 is 0. The highest BCUT2D eigenvalue weighted by Crippen LogP contribution is 2.12. The van der Waals surface area contributed by atoms with Crippen molar-refractivity contribution in [3.8, 4) is 0 Å². The first-order valence-corrected chi connectivity index (χ1v) is 9.77. The summed E-state index contributed by atoms with van der Waals surface area (Å²) in [4.78, 5) is 20.1. The molecule has 0 atom stereocenters. The number of carbonyl (C=O) groups is 2. The van der Waals surface area contributed by atoms with Crippen molar-refractivity contribution in [2.45, 2.75) is 97.3 Å². The number of primary amides is 1. The second-order valence-corrected chi connectivity index (χ2v) is 6.48. The third-order valence-electron chi connectivity index (χ3n) is 4.05. The van der Waals surface area contributed by atoms with Gasteiger partial charge in [0.05, 0.1) is 0 Å².